The van der Waals surface area contributed by atoms with Crippen molar-refractivity contribution in [3.8, 4) is 0 Å². The Labute approximate surface area is 129 Å². The van der Waals surface area contributed by atoms with Crippen molar-refractivity contribution in [2.24, 2.45) is 0 Å². The number of hydrogen-bond acceptors (Lipinski definition) is 2. The molecule has 0 spiro atoms. The standard InChI is InChI=1S/C15H22BrN3O/c1-2-3-8-18-9-11-19(12-10-18)15(20)17-14-7-5-4-6-13(14)16/h4-7H,2-3,8-12H2,1H3,(H,17,20). The summed E-state index contributed by atoms with van der Waals surface area (Å²) in [5, 5.41) is 2.96. The van der Waals surface area contributed by atoms with E-state index in [1.54, 1.807) is 0 Å². The SMILES string of the molecule is CCCCN1CCN(C(=O)Nc2ccccc2Br)CC1. The summed E-state index contributed by atoms with van der Waals surface area (Å²) in [6, 6.07) is 7.68. The molecule has 0 aromatic heterocycles. The third kappa shape index (κ3) is 4.21. The molecule has 1 N–H and O–H groups in total. The number of unbranched alkanes of at least 4 members (excludes halogenated alkanes) is 1. The fraction of sp³-hybridized carbons (Fsp3) is 0.533. The highest BCUT2D eigenvalue weighted by atomic mass is 79.9. The maximum atomic E-state index is 12.2. The molecule has 0 atom stereocenters. The van der Waals surface area contributed by atoms with E-state index < -0.39 is 0 Å². The highest BCUT2D eigenvalue weighted by Crippen LogP contribution is 2.21. The first kappa shape index (κ1) is 15.3. The van der Waals surface area contributed by atoms with Crippen LogP contribution in [0.2, 0.25) is 0 Å². The average molecular weight is 340 g/mol. The molecule has 20 heavy (non-hydrogen) atoms. The van der Waals surface area contributed by atoms with Crippen LogP contribution in [-0.4, -0.2) is 48.6 Å². The van der Waals surface area contributed by atoms with Crippen molar-refractivity contribution in [3.63, 3.8) is 0 Å². The van der Waals surface area contributed by atoms with E-state index in [0.717, 1.165) is 42.9 Å². The van der Waals surface area contributed by atoms with Crippen molar-refractivity contribution in [1.29, 1.82) is 0 Å². The van der Waals surface area contributed by atoms with Crippen molar-refractivity contribution in [3.05, 3.63) is 28.7 Å². The molecule has 2 amide bonds. The van der Waals surface area contributed by atoms with Gasteiger partial charge in [0.2, 0.25) is 0 Å². The first-order valence-electron chi connectivity index (χ1n) is 7.23. The Morgan fingerprint density at radius 1 is 1.25 bits per heavy atom. The van der Waals surface area contributed by atoms with E-state index in [-0.39, 0.29) is 6.03 Å². The monoisotopic (exact) mass is 339 g/mol. The summed E-state index contributed by atoms with van der Waals surface area (Å²) in [5.41, 5.74) is 0.825. The summed E-state index contributed by atoms with van der Waals surface area (Å²) < 4.78 is 0.912. The van der Waals surface area contributed by atoms with Crippen molar-refractivity contribution < 1.29 is 4.79 Å². The topological polar surface area (TPSA) is 35.6 Å². The van der Waals surface area contributed by atoms with Crippen LogP contribution in [0.15, 0.2) is 28.7 Å². The minimum atomic E-state index is -0.00737. The van der Waals surface area contributed by atoms with Gasteiger partial charge in [0.25, 0.3) is 0 Å². The number of nitrogens with one attached hydrogen (secondary N) is 1. The first-order valence-corrected chi connectivity index (χ1v) is 8.03. The lowest BCUT2D eigenvalue weighted by Gasteiger charge is -2.34. The van der Waals surface area contributed by atoms with Crippen molar-refractivity contribution >= 4 is 27.6 Å². The summed E-state index contributed by atoms with van der Waals surface area (Å²) in [7, 11) is 0. The number of benzene rings is 1. The van der Waals surface area contributed by atoms with E-state index >= 15 is 0 Å². The van der Waals surface area contributed by atoms with Crippen LogP contribution in [0.4, 0.5) is 10.5 Å². The van der Waals surface area contributed by atoms with Crippen LogP contribution in [-0.2, 0) is 0 Å². The van der Waals surface area contributed by atoms with Crippen LogP contribution < -0.4 is 5.32 Å². The van der Waals surface area contributed by atoms with E-state index in [2.05, 4.69) is 33.1 Å². The summed E-state index contributed by atoms with van der Waals surface area (Å²) in [4.78, 5) is 16.5. The van der Waals surface area contributed by atoms with E-state index in [1.807, 2.05) is 29.2 Å². The van der Waals surface area contributed by atoms with Crippen LogP contribution >= 0.6 is 15.9 Å². The molecular weight excluding hydrogens is 318 g/mol. The largest absolute Gasteiger partial charge is 0.322 e. The lowest BCUT2D eigenvalue weighted by molar-refractivity contribution is 0.146. The van der Waals surface area contributed by atoms with Gasteiger partial charge in [0, 0.05) is 30.7 Å². The highest BCUT2D eigenvalue weighted by molar-refractivity contribution is 9.10. The second kappa shape index (κ2) is 7.64. The van der Waals surface area contributed by atoms with Gasteiger partial charge in [-0.05, 0) is 41.0 Å². The van der Waals surface area contributed by atoms with Gasteiger partial charge in [-0.25, -0.2) is 4.79 Å². The van der Waals surface area contributed by atoms with Crippen LogP contribution in [0.3, 0.4) is 0 Å². The number of rotatable bonds is 4. The Morgan fingerprint density at radius 3 is 2.60 bits per heavy atom. The predicted molar refractivity (Wildman–Crippen MR) is 86.1 cm³/mol. The van der Waals surface area contributed by atoms with Crippen molar-refractivity contribution in [1.82, 2.24) is 9.80 Å². The number of carbonyl (C=O) groups excluding carboxylic acids is 1. The molecule has 1 aliphatic rings. The van der Waals surface area contributed by atoms with Gasteiger partial charge in [0.15, 0.2) is 0 Å². The fourth-order valence-corrected chi connectivity index (χ4v) is 2.70. The average Bonchev–Trinajstić information content (AvgIpc) is 2.48. The number of hydrogen-bond donors (Lipinski definition) is 1. The number of amides is 2. The molecule has 0 radical (unpaired) electrons. The Kier molecular flexibility index (Phi) is 5.86. The van der Waals surface area contributed by atoms with Gasteiger partial charge >= 0.3 is 6.03 Å². The number of para-hydroxylation sites is 1. The van der Waals surface area contributed by atoms with Gasteiger partial charge in [-0.2, -0.15) is 0 Å². The number of urea groups is 1. The molecule has 1 aromatic carbocycles. The van der Waals surface area contributed by atoms with Gasteiger partial charge in [-0.1, -0.05) is 25.5 Å². The number of halogens is 1. The molecule has 110 valence electrons. The Hall–Kier alpha value is -1.07. The first-order chi connectivity index (χ1) is 9.70. The molecular formula is C15H22BrN3O. The third-order valence-electron chi connectivity index (χ3n) is 3.60. The number of anilines is 1. The maximum absolute atomic E-state index is 12.2. The second-order valence-electron chi connectivity index (χ2n) is 5.09. The molecule has 5 heteroatoms. The lowest BCUT2D eigenvalue weighted by Crippen LogP contribution is -2.50. The summed E-state index contributed by atoms with van der Waals surface area (Å²) in [5.74, 6) is 0. The molecule has 1 aromatic rings. The van der Waals surface area contributed by atoms with Gasteiger partial charge in [-0.3, -0.25) is 4.90 Å². The van der Waals surface area contributed by atoms with Crippen LogP contribution in [0.5, 0.6) is 0 Å². The van der Waals surface area contributed by atoms with Gasteiger partial charge in [-0.15, -0.1) is 0 Å². The zero-order chi connectivity index (χ0) is 14.4. The molecule has 0 bridgehead atoms. The zero-order valence-electron chi connectivity index (χ0n) is 11.9. The number of nitrogens with zero attached hydrogens (tertiary/aromatic N) is 2. The predicted octanol–water partition coefficient (Wildman–Crippen LogP) is 3.40. The van der Waals surface area contributed by atoms with Gasteiger partial charge in [0.05, 0.1) is 5.69 Å². The van der Waals surface area contributed by atoms with Gasteiger partial charge in [0.1, 0.15) is 0 Å². The quantitative estimate of drug-likeness (QED) is 0.912. The Morgan fingerprint density at radius 2 is 1.95 bits per heavy atom. The van der Waals surface area contributed by atoms with Crippen LogP contribution in [0.25, 0.3) is 0 Å². The highest BCUT2D eigenvalue weighted by Gasteiger charge is 2.20. The minimum Gasteiger partial charge on any atom is -0.322 e. The third-order valence-corrected chi connectivity index (χ3v) is 4.29. The maximum Gasteiger partial charge on any atom is 0.321 e. The molecule has 0 aliphatic carbocycles. The van der Waals surface area contributed by atoms with E-state index in [9.17, 15) is 4.79 Å². The number of piperazine rings is 1. The summed E-state index contributed by atoms with van der Waals surface area (Å²) >= 11 is 3.45. The molecule has 0 unspecified atom stereocenters. The molecule has 1 aliphatic heterocycles. The Bertz CT molecular complexity index is 444. The lowest BCUT2D eigenvalue weighted by atomic mass is 10.2. The summed E-state index contributed by atoms with van der Waals surface area (Å²) in [6.07, 6.45) is 2.46. The van der Waals surface area contributed by atoms with Crippen LogP contribution in [0, 0.1) is 0 Å². The van der Waals surface area contributed by atoms with Gasteiger partial charge < -0.3 is 10.2 Å². The smallest absolute Gasteiger partial charge is 0.321 e. The molecule has 1 heterocycles. The Balaban J connectivity index is 1.82. The molecule has 2 rings (SSSR count). The molecule has 1 saturated heterocycles. The van der Waals surface area contributed by atoms with E-state index in [4.69, 9.17) is 0 Å². The zero-order valence-corrected chi connectivity index (χ0v) is 13.5. The fourth-order valence-electron chi connectivity index (χ4n) is 2.31. The minimum absolute atomic E-state index is 0.00737. The van der Waals surface area contributed by atoms with E-state index in [1.165, 1.54) is 12.8 Å². The van der Waals surface area contributed by atoms with E-state index in [0.29, 0.717) is 0 Å². The molecule has 1 fully saturated rings. The molecule has 4 nitrogen and oxygen atoms in total. The van der Waals surface area contributed by atoms with Crippen LogP contribution in [0.1, 0.15) is 19.8 Å². The second-order valence-corrected chi connectivity index (χ2v) is 5.95. The summed E-state index contributed by atoms with van der Waals surface area (Å²) in [6.45, 7) is 6.92. The van der Waals surface area contributed by atoms with Crippen molar-refractivity contribution in [2.45, 2.75) is 19.8 Å². The normalized spacial score (nSPS) is 16.2. The number of carbonyl (C=O) groups is 1. The molecule has 0 saturated carbocycles. The van der Waals surface area contributed by atoms with Crippen molar-refractivity contribution in [2.75, 3.05) is 38.0 Å².